The fourth-order valence-electron chi connectivity index (χ4n) is 5.51. The number of nitrogens with zero attached hydrogens (tertiary/aromatic N) is 3. The number of benzene rings is 1. The Morgan fingerprint density at radius 1 is 1.25 bits per heavy atom. The first-order chi connectivity index (χ1) is 13.2. The van der Waals surface area contributed by atoms with Crippen molar-refractivity contribution in [2.75, 3.05) is 0 Å². The van der Waals surface area contributed by atoms with Crippen molar-refractivity contribution in [1.29, 1.82) is 0 Å². The molecule has 0 aliphatic heterocycles. The second-order valence-electron chi connectivity index (χ2n) is 8.94. The van der Waals surface area contributed by atoms with Gasteiger partial charge in [-0.3, -0.25) is 9.48 Å². The van der Waals surface area contributed by atoms with Crippen LogP contribution in [0.4, 0.5) is 0 Å². The first-order valence-corrected chi connectivity index (χ1v) is 11.0. The standard InChI is InChI=1S/C22H24ClN3OS/c1-21(2)16-9-10-22(21,3)18-17(16)20(27)26(25(18)4)11-15-12-28-19(24-15)13-5-7-14(23)8-6-13/h5-8,12,16H,9-11H2,1-4H3/t16-,22+/m1/s1. The van der Waals surface area contributed by atoms with E-state index in [1.54, 1.807) is 11.3 Å². The number of hydrogen-bond acceptors (Lipinski definition) is 3. The summed E-state index contributed by atoms with van der Waals surface area (Å²) in [5, 5.41) is 3.72. The molecule has 2 heterocycles. The predicted molar refractivity (Wildman–Crippen MR) is 114 cm³/mol. The van der Waals surface area contributed by atoms with Crippen LogP contribution in [0.2, 0.25) is 5.02 Å². The van der Waals surface area contributed by atoms with E-state index in [4.69, 9.17) is 16.6 Å². The summed E-state index contributed by atoms with van der Waals surface area (Å²) in [6.07, 6.45) is 2.28. The van der Waals surface area contributed by atoms with Crippen LogP contribution in [0.5, 0.6) is 0 Å². The smallest absolute Gasteiger partial charge is 0.270 e. The molecule has 6 heteroatoms. The zero-order chi connectivity index (χ0) is 19.8. The highest BCUT2D eigenvalue weighted by Gasteiger charge is 2.62. The van der Waals surface area contributed by atoms with Crippen molar-refractivity contribution >= 4 is 22.9 Å². The van der Waals surface area contributed by atoms with Crippen molar-refractivity contribution < 1.29 is 0 Å². The Morgan fingerprint density at radius 2 is 1.96 bits per heavy atom. The SMILES string of the molecule is Cn1c2c(c(=O)n1Cc1csc(-c3ccc(Cl)cc3)n1)[C@H]1CC[C@]2(C)C1(C)C. The van der Waals surface area contributed by atoms with Gasteiger partial charge in [0.1, 0.15) is 5.01 Å². The van der Waals surface area contributed by atoms with Gasteiger partial charge in [-0.1, -0.05) is 44.5 Å². The summed E-state index contributed by atoms with van der Waals surface area (Å²) >= 11 is 7.59. The molecule has 1 aromatic carbocycles. The molecule has 4 nitrogen and oxygen atoms in total. The fourth-order valence-corrected chi connectivity index (χ4v) is 6.45. The molecule has 0 spiro atoms. The zero-order valence-electron chi connectivity index (χ0n) is 16.6. The molecule has 2 bridgehead atoms. The number of thiazole rings is 1. The van der Waals surface area contributed by atoms with E-state index >= 15 is 0 Å². The Morgan fingerprint density at radius 3 is 2.64 bits per heavy atom. The van der Waals surface area contributed by atoms with Gasteiger partial charge < -0.3 is 0 Å². The summed E-state index contributed by atoms with van der Waals surface area (Å²) in [5.41, 5.74) is 4.66. The molecule has 1 saturated carbocycles. The Kier molecular flexibility index (Phi) is 3.79. The highest BCUT2D eigenvalue weighted by Crippen LogP contribution is 2.66. The number of aromatic nitrogens is 3. The van der Waals surface area contributed by atoms with Crippen LogP contribution >= 0.6 is 22.9 Å². The number of hydrogen-bond donors (Lipinski definition) is 0. The van der Waals surface area contributed by atoms with Crippen LogP contribution in [0.1, 0.15) is 56.5 Å². The van der Waals surface area contributed by atoms with E-state index in [1.807, 2.05) is 36.0 Å². The molecule has 3 aromatic rings. The molecule has 5 rings (SSSR count). The third kappa shape index (κ3) is 2.23. The Bertz CT molecular complexity index is 1140. The molecule has 2 atom stereocenters. The monoisotopic (exact) mass is 413 g/mol. The maximum atomic E-state index is 13.3. The average Bonchev–Trinajstić information content (AvgIpc) is 3.32. The van der Waals surface area contributed by atoms with Crippen molar-refractivity contribution in [2.24, 2.45) is 12.5 Å². The number of rotatable bonds is 3. The van der Waals surface area contributed by atoms with Crippen LogP contribution in [0, 0.1) is 5.41 Å². The van der Waals surface area contributed by atoms with Crippen LogP contribution < -0.4 is 5.56 Å². The van der Waals surface area contributed by atoms with Gasteiger partial charge in [0.2, 0.25) is 0 Å². The number of halogens is 1. The van der Waals surface area contributed by atoms with Crippen molar-refractivity contribution in [3.63, 3.8) is 0 Å². The van der Waals surface area contributed by atoms with Gasteiger partial charge >= 0.3 is 0 Å². The van der Waals surface area contributed by atoms with Crippen molar-refractivity contribution in [2.45, 2.75) is 51.5 Å². The molecule has 1 fully saturated rings. The minimum atomic E-state index is 0.0721. The van der Waals surface area contributed by atoms with Crippen LogP contribution in [-0.2, 0) is 19.0 Å². The maximum Gasteiger partial charge on any atom is 0.270 e. The second kappa shape index (κ2) is 5.83. The van der Waals surface area contributed by atoms with Gasteiger partial charge in [0.25, 0.3) is 5.56 Å². The first kappa shape index (κ1) is 18.2. The summed E-state index contributed by atoms with van der Waals surface area (Å²) in [6, 6.07) is 7.72. The Labute approximate surface area is 173 Å². The van der Waals surface area contributed by atoms with E-state index in [0.717, 1.165) is 39.7 Å². The third-order valence-electron chi connectivity index (χ3n) is 7.46. The topological polar surface area (TPSA) is 39.8 Å². The van der Waals surface area contributed by atoms with Crippen LogP contribution in [0.3, 0.4) is 0 Å². The quantitative estimate of drug-likeness (QED) is 0.593. The maximum absolute atomic E-state index is 13.3. The van der Waals surface area contributed by atoms with Gasteiger partial charge in [-0.25, -0.2) is 9.67 Å². The van der Waals surface area contributed by atoms with Gasteiger partial charge in [0.05, 0.1) is 17.9 Å². The Balaban J connectivity index is 1.52. The van der Waals surface area contributed by atoms with E-state index < -0.39 is 0 Å². The Hall–Kier alpha value is -1.85. The second-order valence-corrected chi connectivity index (χ2v) is 10.2. The highest BCUT2D eigenvalue weighted by atomic mass is 35.5. The minimum Gasteiger partial charge on any atom is -0.288 e. The lowest BCUT2D eigenvalue weighted by Gasteiger charge is -2.36. The number of fused-ring (bicyclic) bond motifs is 5. The highest BCUT2D eigenvalue weighted by molar-refractivity contribution is 7.13. The largest absolute Gasteiger partial charge is 0.288 e. The lowest BCUT2D eigenvalue weighted by Crippen LogP contribution is -2.35. The molecule has 0 amide bonds. The summed E-state index contributed by atoms with van der Waals surface area (Å²) in [5.74, 6) is 0.368. The van der Waals surface area contributed by atoms with Gasteiger partial charge in [-0.15, -0.1) is 11.3 Å². The molecule has 2 aliphatic rings. The van der Waals surface area contributed by atoms with Gasteiger partial charge in [0, 0.05) is 34.0 Å². The van der Waals surface area contributed by atoms with E-state index in [1.165, 1.54) is 5.69 Å². The van der Waals surface area contributed by atoms with Crippen molar-refractivity contribution in [1.82, 2.24) is 14.3 Å². The first-order valence-electron chi connectivity index (χ1n) is 9.74. The van der Waals surface area contributed by atoms with Crippen molar-refractivity contribution in [3.05, 3.63) is 62.0 Å². The summed E-state index contributed by atoms with van der Waals surface area (Å²) in [6.45, 7) is 7.50. The molecule has 28 heavy (non-hydrogen) atoms. The van der Waals surface area contributed by atoms with Crippen LogP contribution in [-0.4, -0.2) is 14.3 Å². The van der Waals surface area contributed by atoms with Gasteiger partial charge in [-0.05, 0) is 36.3 Å². The van der Waals surface area contributed by atoms with Crippen LogP contribution in [0.25, 0.3) is 10.6 Å². The summed E-state index contributed by atoms with van der Waals surface area (Å²) in [7, 11) is 2.04. The summed E-state index contributed by atoms with van der Waals surface area (Å²) in [4.78, 5) is 18.1. The molecule has 0 N–H and O–H groups in total. The lowest BCUT2D eigenvalue weighted by atomic mass is 9.70. The molecular formula is C22H24ClN3OS. The molecule has 146 valence electrons. The fraction of sp³-hybridized carbons (Fsp3) is 0.455. The molecule has 0 saturated heterocycles. The van der Waals surface area contributed by atoms with E-state index in [0.29, 0.717) is 12.5 Å². The third-order valence-corrected chi connectivity index (χ3v) is 8.65. The summed E-state index contributed by atoms with van der Waals surface area (Å²) < 4.78 is 3.98. The molecule has 0 unspecified atom stereocenters. The van der Waals surface area contributed by atoms with E-state index in [2.05, 4.69) is 30.8 Å². The van der Waals surface area contributed by atoms with Gasteiger partial charge in [-0.2, -0.15) is 0 Å². The van der Waals surface area contributed by atoms with E-state index in [-0.39, 0.29) is 16.4 Å². The lowest BCUT2D eigenvalue weighted by molar-refractivity contribution is 0.215. The predicted octanol–water partition coefficient (Wildman–Crippen LogP) is 5.19. The van der Waals surface area contributed by atoms with Gasteiger partial charge in [0.15, 0.2) is 0 Å². The molecular weight excluding hydrogens is 390 g/mol. The normalized spacial score (nSPS) is 24.7. The van der Waals surface area contributed by atoms with E-state index in [9.17, 15) is 4.79 Å². The molecule has 2 aromatic heterocycles. The zero-order valence-corrected chi connectivity index (χ0v) is 18.2. The van der Waals surface area contributed by atoms with Crippen molar-refractivity contribution in [3.8, 4) is 10.6 Å². The minimum absolute atomic E-state index is 0.0721. The van der Waals surface area contributed by atoms with Crippen LogP contribution in [0.15, 0.2) is 34.4 Å². The average molecular weight is 414 g/mol. The molecule has 2 aliphatic carbocycles. The molecule has 0 radical (unpaired) electrons.